The molecule has 1 amide bonds. The van der Waals surface area contributed by atoms with Crippen molar-refractivity contribution in [2.45, 2.75) is 45.1 Å². The number of carbonyl (C=O) groups excluding carboxylic acids is 2. The molecule has 1 aromatic rings. The molecule has 0 aromatic carbocycles. The zero-order valence-electron chi connectivity index (χ0n) is 12.0. The van der Waals surface area contributed by atoms with Gasteiger partial charge in [-0.3, -0.25) is 10.1 Å². The molecule has 6 nitrogen and oxygen atoms in total. The highest BCUT2D eigenvalue weighted by Crippen LogP contribution is 2.38. The highest BCUT2D eigenvalue weighted by molar-refractivity contribution is 7.16. The first kappa shape index (κ1) is 14.8. The fourth-order valence-electron chi connectivity index (χ4n) is 2.04. The summed E-state index contributed by atoms with van der Waals surface area (Å²) in [4.78, 5) is 28.6. The van der Waals surface area contributed by atoms with Crippen molar-refractivity contribution in [3.63, 3.8) is 0 Å². The number of hydrogen-bond donors (Lipinski definition) is 1. The Labute approximate surface area is 121 Å². The van der Waals surface area contributed by atoms with E-state index in [1.165, 1.54) is 18.4 Å². The number of nitrogens with one attached hydrogen (secondary N) is 1. The summed E-state index contributed by atoms with van der Waals surface area (Å²) in [5.74, 6) is -0.599. The van der Waals surface area contributed by atoms with E-state index in [2.05, 4.69) is 10.3 Å². The van der Waals surface area contributed by atoms with Gasteiger partial charge in [0.25, 0.3) is 0 Å². The van der Waals surface area contributed by atoms with Crippen molar-refractivity contribution in [3.05, 3.63) is 10.6 Å². The molecule has 110 valence electrons. The van der Waals surface area contributed by atoms with Crippen molar-refractivity contribution in [2.75, 3.05) is 12.4 Å². The van der Waals surface area contributed by atoms with Crippen molar-refractivity contribution in [1.29, 1.82) is 0 Å². The maximum absolute atomic E-state index is 11.7. The van der Waals surface area contributed by atoms with E-state index in [0.29, 0.717) is 17.2 Å². The molecule has 1 atom stereocenters. The van der Waals surface area contributed by atoms with Gasteiger partial charge in [0.05, 0.1) is 12.8 Å². The molecule has 1 unspecified atom stereocenters. The third-order valence-corrected chi connectivity index (χ3v) is 3.86. The van der Waals surface area contributed by atoms with Gasteiger partial charge in [-0.25, -0.2) is 9.78 Å². The third-order valence-electron chi connectivity index (χ3n) is 2.81. The molecular formula is C13H18N2O4S. The smallest absolute Gasteiger partial charge is 0.413 e. The number of fused-ring (bicyclic) bond motifs is 1. The van der Waals surface area contributed by atoms with Crippen molar-refractivity contribution in [3.8, 4) is 0 Å². The lowest BCUT2D eigenvalue weighted by atomic mass is 10.1. The van der Waals surface area contributed by atoms with Crippen LogP contribution in [0.2, 0.25) is 0 Å². The van der Waals surface area contributed by atoms with Gasteiger partial charge >= 0.3 is 12.1 Å². The summed E-state index contributed by atoms with van der Waals surface area (Å²) >= 11 is 1.38. The number of anilines is 1. The van der Waals surface area contributed by atoms with Crippen LogP contribution in [-0.4, -0.2) is 29.8 Å². The predicted octanol–water partition coefficient (Wildman–Crippen LogP) is 2.69. The van der Waals surface area contributed by atoms with Gasteiger partial charge in [-0.15, -0.1) is 11.3 Å². The molecule has 0 bridgehead atoms. The lowest BCUT2D eigenvalue weighted by Crippen LogP contribution is -2.27. The normalized spacial score (nSPS) is 17.5. The van der Waals surface area contributed by atoms with Gasteiger partial charge in [-0.1, -0.05) is 0 Å². The van der Waals surface area contributed by atoms with Crippen LogP contribution in [0.1, 0.15) is 43.7 Å². The number of methoxy groups -OCH3 is 1. The van der Waals surface area contributed by atoms with Crippen molar-refractivity contribution < 1.29 is 19.1 Å². The lowest BCUT2D eigenvalue weighted by molar-refractivity contribution is -0.142. The number of amides is 1. The van der Waals surface area contributed by atoms with Gasteiger partial charge < -0.3 is 9.47 Å². The fourth-order valence-corrected chi connectivity index (χ4v) is 3.07. The summed E-state index contributed by atoms with van der Waals surface area (Å²) < 4.78 is 9.92. The molecule has 0 radical (unpaired) electrons. The maximum atomic E-state index is 11.7. The maximum Gasteiger partial charge on any atom is 0.413 e. The van der Waals surface area contributed by atoms with Crippen LogP contribution in [0.15, 0.2) is 0 Å². The van der Waals surface area contributed by atoms with Crippen molar-refractivity contribution in [2.24, 2.45) is 0 Å². The van der Waals surface area contributed by atoms with E-state index in [9.17, 15) is 9.59 Å². The topological polar surface area (TPSA) is 77.5 Å². The molecule has 0 fully saturated rings. The monoisotopic (exact) mass is 298 g/mol. The van der Waals surface area contributed by atoms with Crippen LogP contribution in [0.5, 0.6) is 0 Å². The van der Waals surface area contributed by atoms with Gasteiger partial charge in [-0.2, -0.15) is 0 Å². The lowest BCUT2D eigenvalue weighted by Gasteiger charge is -2.19. The Morgan fingerprint density at radius 1 is 1.40 bits per heavy atom. The Balaban J connectivity index is 2.07. The number of aromatic nitrogens is 1. The molecule has 1 N–H and O–H groups in total. The van der Waals surface area contributed by atoms with E-state index in [1.54, 1.807) is 20.8 Å². The molecule has 20 heavy (non-hydrogen) atoms. The number of esters is 1. The zero-order valence-corrected chi connectivity index (χ0v) is 12.8. The van der Waals surface area contributed by atoms with E-state index in [1.807, 2.05) is 0 Å². The first-order valence-electron chi connectivity index (χ1n) is 6.37. The minimum Gasteiger partial charge on any atom is -0.469 e. The van der Waals surface area contributed by atoms with Crippen LogP contribution in [0, 0.1) is 0 Å². The molecule has 0 saturated carbocycles. The quantitative estimate of drug-likeness (QED) is 0.849. The van der Waals surface area contributed by atoms with Crippen molar-refractivity contribution >= 4 is 28.5 Å². The number of rotatable bonds is 2. The minimum absolute atomic E-state index is 0.280. The van der Waals surface area contributed by atoms with E-state index >= 15 is 0 Å². The summed E-state index contributed by atoms with van der Waals surface area (Å²) in [6, 6.07) is 0. The summed E-state index contributed by atoms with van der Waals surface area (Å²) in [5, 5.41) is 3.06. The van der Waals surface area contributed by atoms with E-state index in [-0.39, 0.29) is 11.9 Å². The van der Waals surface area contributed by atoms with Crippen LogP contribution < -0.4 is 5.32 Å². The number of thiazole rings is 1. The van der Waals surface area contributed by atoms with Crippen LogP contribution in [-0.2, 0) is 20.7 Å². The van der Waals surface area contributed by atoms with Crippen LogP contribution in [0.25, 0.3) is 0 Å². The second-order valence-corrected chi connectivity index (χ2v) is 6.65. The SMILES string of the molecule is COC(=O)C1CCc2sc(NC(=O)OC(C)(C)C)nc21. The summed E-state index contributed by atoms with van der Waals surface area (Å²) in [7, 11) is 1.37. The number of carbonyl (C=O) groups is 2. The average Bonchev–Trinajstić information content (AvgIpc) is 2.84. The zero-order chi connectivity index (χ0) is 14.9. The molecule has 1 aromatic heterocycles. The predicted molar refractivity (Wildman–Crippen MR) is 75.0 cm³/mol. The Bertz CT molecular complexity index is 533. The molecule has 1 heterocycles. The van der Waals surface area contributed by atoms with E-state index in [0.717, 1.165) is 11.3 Å². The van der Waals surface area contributed by atoms with Crippen LogP contribution in [0.4, 0.5) is 9.93 Å². The molecular weight excluding hydrogens is 280 g/mol. The molecule has 0 spiro atoms. The number of aryl methyl sites for hydroxylation is 1. The highest BCUT2D eigenvalue weighted by atomic mass is 32.1. The molecule has 1 aliphatic carbocycles. The summed E-state index contributed by atoms with van der Waals surface area (Å²) in [5.41, 5.74) is 0.159. The summed E-state index contributed by atoms with van der Waals surface area (Å²) in [6.45, 7) is 5.38. The third kappa shape index (κ3) is 3.27. The van der Waals surface area contributed by atoms with E-state index < -0.39 is 11.7 Å². The van der Waals surface area contributed by atoms with Gasteiger partial charge in [0.2, 0.25) is 0 Å². The van der Waals surface area contributed by atoms with Gasteiger partial charge in [0.15, 0.2) is 5.13 Å². The Hall–Kier alpha value is -1.63. The van der Waals surface area contributed by atoms with Crippen LogP contribution >= 0.6 is 11.3 Å². The first-order valence-corrected chi connectivity index (χ1v) is 7.19. The molecule has 0 saturated heterocycles. The minimum atomic E-state index is -0.557. The molecule has 2 rings (SSSR count). The Kier molecular flexibility index (Phi) is 3.99. The standard InChI is InChI=1S/C13H18N2O4S/c1-13(2,3)19-12(17)15-11-14-9-7(10(16)18-4)5-6-8(9)20-11/h7H,5-6H2,1-4H3,(H,14,15,17). The van der Waals surface area contributed by atoms with Crippen molar-refractivity contribution in [1.82, 2.24) is 4.98 Å². The first-order chi connectivity index (χ1) is 9.30. The second-order valence-electron chi connectivity index (χ2n) is 5.57. The Morgan fingerprint density at radius 3 is 2.70 bits per heavy atom. The van der Waals surface area contributed by atoms with Gasteiger partial charge in [0.1, 0.15) is 11.5 Å². The fraction of sp³-hybridized carbons (Fsp3) is 0.615. The number of nitrogens with zero attached hydrogens (tertiary/aromatic N) is 1. The second kappa shape index (κ2) is 5.40. The van der Waals surface area contributed by atoms with Gasteiger partial charge in [0, 0.05) is 4.88 Å². The largest absolute Gasteiger partial charge is 0.469 e. The van der Waals surface area contributed by atoms with E-state index in [4.69, 9.17) is 9.47 Å². The number of hydrogen-bond acceptors (Lipinski definition) is 6. The number of ether oxygens (including phenoxy) is 2. The van der Waals surface area contributed by atoms with Gasteiger partial charge in [-0.05, 0) is 33.6 Å². The average molecular weight is 298 g/mol. The van der Waals surface area contributed by atoms with Crippen LogP contribution in [0.3, 0.4) is 0 Å². The Morgan fingerprint density at radius 2 is 2.10 bits per heavy atom. The molecule has 7 heteroatoms. The summed E-state index contributed by atoms with van der Waals surface area (Å²) in [6.07, 6.45) is 0.954. The molecule has 1 aliphatic rings. The highest BCUT2D eigenvalue weighted by Gasteiger charge is 2.33. The molecule has 0 aliphatic heterocycles.